The fraction of sp³-hybridized carbons (Fsp3) is 0.250. The molecule has 0 bridgehead atoms. The summed E-state index contributed by atoms with van der Waals surface area (Å²) in [6, 6.07) is 14.2. The highest BCUT2D eigenvalue weighted by Gasteiger charge is 2.08. The van der Waals surface area contributed by atoms with Gasteiger partial charge in [0.25, 0.3) is 0 Å². The molecule has 1 aliphatic rings. The van der Waals surface area contributed by atoms with Crippen LogP contribution in [0.25, 0.3) is 0 Å². The summed E-state index contributed by atoms with van der Waals surface area (Å²) >= 11 is 0. The van der Waals surface area contributed by atoms with Gasteiger partial charge in [-0.1, -0.05) is 18.2 Å². The Kier molecular flexibility index (Phi) is 3.54. The highest BCUT2D eigenvalue weighted by molar-refractivity contribution is 6.00. The summed E-state index contributed by atoms with van der Waals surface area (Å²) in [5.74, 6) is 0.867. The molecule has 0 spiro atoms. The number of benzene rings is 1. The largest absolute Gasteiger partial charge is 0.340 e. The average Bonchev–Trinajstić information content (AvgIpc) is 2.50. The average molecular weight is 251 g/mol. The summed E-state index contributed by atoms with van der Waals surface area (Å²) in [6.45, 7) is 0.958. The zero-order valence-corrected chi connectivity index (χ0v) is 10.8. The molecule has 2 aromatic rings. The molecule has 0 radical (unpaired) electrons. The normalized spacial score (nSPS) is 14.8. The van der Waals surface area contributed by atoms with Gasteiger partial charge in [-0.3, -0.25) is 4.99 Å². The molecule has 0 amide bonds. The molecule has 96 valence electrons. The van der Waals surface area contributed by atoms with Gasteiger partial charge in [-0.2, -0.15) is 0 Å². The van der Waals surface area contributed by atoms with Crippen LogP contribution in [-0.2, 0) is 0 Å². The van der Waals surface area contributed by atoms with E-state index in [-0.39, 0.29) is 0 Å². The Hall–Kier alpha value is -2.16. The van der Waals surface area contributed by atoms with Crippen LogP contribution < -0.4 is 5.32 Å². The van der Waals surface area contributed by atoms with Gasteiger partial charge < -0.3 is 5.32 Å². The van der Waals surface area contributed by atoms with Crippen LogP contribution in [0.15, 0.2) is 53.7 Å². The van der Waals surface area contributed by atoms with E-state index in [4.69, 9.17) is 0 Å². The van der Waals surface area contributed by atoms with Crippen LogP contribution in [0.1, 0.15) is 24.8 Å². The third-order valence-electron chi connectivity index (χ3n) is 3.27. The lowest BCUT2D eigenvalue weighted by Gasteiger charge is -2.12. The summed E-state index contributed by atoms with van der Waals surface area (Å²) in [4.78, 5) is 9.03. The summed E-state index contributed by atoms with van der Waals surface area (Å²) in [5, 5.41) is 3.28. The summed E-state index contributed by atoms with van der Waals surface area (Å²) < 4.78 is 0. The van der Waals surface area contributed by atoms with E-state index in [0.717, 1.165) is 30.0 Å². The van der Waals surface area contributed by atoms with Gasteiger partial charge in [0.1, 0.15) is 5.82 Å². The summed E-state index contributed by atoms with van der Waals surface area (Å²) in [6.07, 6.45) is 5.44. The fourth-order valence-electron chi connectivity index (χ4n) is 2.24. The number of aromatic nitrogens is 1. The summed E-state index contributed by atoms with van der Waals surface area (Å²) in [5.41, 5.74) is 3.40. The third kappa shape index (κ3) is 2.99. The molecule has 0 aliphatic carbocycles. The Morgan fingerprint density at radius 2 is 1.84 bits per heavy atom. The van der Waals surface area contributed by atoms with Crippen molar-refractivity contribution < 1.29 is 0 Å². The lowest BCUT2D eigenvalue weighted by Crippen LogP contribution is -2.08. The zero-order chi connectivity index (χ0) is 12.9. The zero-order valence-electron chi connectivity index (χ0n) is 10.8. The number of hydrogen-bond acceptors (Lipinski definition) is 3. The Balaban J connectivity index is 1.74. The molecule has 0 saturated heterocycles. The highest BCUT2D eigenvalue weighted by Crippen LogP contribution is 2.17. The number of nitrogens with one attached hydrogen (secondary N) is 1. The van der Waals surface area contributed by atoms with Crippen molar-refractivity contribution in [2.75, 3.05) is 11.9 Å². The van der Waals surface area contributed by atoms with Gasteiger partial charge in [0, 0.05) is 29.7 Å². The van der Waals surface area contributed by atoms with Gasteiger partial charge in [0.05, 0.1) is 0 Å². The molecule has 3 rings (SSSR count). The monoisotopic (exact) mass is 251 g/mol. The molecule has 1 aromatic carbocycles. The topological polar surface area (TPSA) is 37.3 Å². The minimum Gasteiger partial charge on any atom is -0.340 e. The Morgan fingerprint density at radius 3 is 2.53 bits per heavy atom. The number of anilines is 2. The number of para-hydroxylation sites is 1. The first-order valence-corrected chi connectivity index (χ1v) is 6.74. The molecule has 3 heteroatoms. The highest BCUT2D eigenvalue weighted by atomic mass is 15.0. The lowest BCUT2D eigenvalue weighted by molar-refractivity contribution is 0.738. The fourth-order valence-corrected chi connectivity index (χ4v) is 2.24. The van der Waals surface area contributed by atoms with Gasteiger partial charge >= 0.3 is 0 Å². The van der Waals surface area contributed by atoms with Gasteiger partial charge in [-0.25, -0.2) is 4.98 Å². The summed E-state index contributed by atoms with van der Waals surface area (Å²) in [7, 11) is 0. The van der Waals surface area contributed by atoms with Crippen molar-refractivity contribution in [3.63, 3.8) is 0 Å². The van der Waals surface area contributed by atoms with E-state index >= 15 is 0 Å². The van der Waals surface area contributed by atoms with Crippen molar-refractivity contribution in [1.29, 1.82) is 0 Å². The van der Waals surface area contributed by atoms with E-state index in [0.29, 0.717) is 0 Å². The first-order chi connectivity index (χ1) is 9.42. The van der Waals surface area contributed by atoms with Crippen molar-refractivity contribution in [3.05, 3.63) is 54.2 Å². The molecule has 2 heterocycles. The first-order valence-electron chi connectivity index (χ1n) is 6.74. The Labute approximate surface area is 113 Å². The lowest BCUT2D eigenvalue weighted by atomic mass is 10.0. The molecule has 0 saturated carbocycles. The van der Waals surface area contributed by atoms with E-state index in [2.05, 4.69) is 21.4 Å². The standard InChI is InChI=1S/C16H17N3/c1-2-6-14(7-3-1)19-16-10-9-13(12-18-16)15-8-4-5-11-17-15/h1-3,6-7,9-10,12H,4-5,8,11H2,(H,18,19). The second-order valence-corrected chi connectivity index (χ2v) is 4.71. The molecule has 0 atom stereocenters. The van der Waals surface area contributed by atoms with Crippen LogP contribution in [0.3, 0.4) is 0 Å². The third-order valence-corrected chi connectivity index (χ3v) is 3.27. The van der Waals surface area contributed by atoms with Crippen LogP contribution in [0, 0.1) is 0 Å². The van der Waals surface area contributed by atoms with E-state index in [9.17, 15) is 0 Å². The number of nitrogens with zero attached hydrogens (tertiary/aromatic N) is 2. The van der Waals surface area contributed by atoms with E-state index in [1.807, 2.05) is 42.6 Å². The van der Waals surface area contributed by atoms with Gasteiger partial charge in [-0.05, 0) is 43.5 Å². The molecule has 19 heavy (non-hydrogen) atoms. The number of rotatable bonds is 3. The molecule has 0 unspecified atom stereocenters. The van der Waals surface area contributed by atoms with Crippen LogP contribution in [-0.4, -0.2) is 17.2 Å². The van der Waals surface area contributed by atoms with Crippen LogP contribution in [0.2, 0.25) is 0 Å². The van der Waals surface area contributed by atoms with Gasteiger partial charge in [0.15, 0.2) is 0 Å². The molecule has 0 fully saturated rings. The van der Waals surface area contributed by atoms with Crippen LogP contribution in [0.5, 0.6) is 0 Å². The smallest absolute Gasteiger partial charge is 0.130 e. The van der Waals surface area contributed by atoms with E-state index < -0.39 is 0 Å². The maximum atomic E-state index is 4.57. The predicted octanol–water partition coefficient (Wildman–Crippen LogP) is 3.80. The molecule has 3 nitrogen and oxygen atoms in total. The van der Waals surface area contributed by atoms with Crippen molar-refractivity contribution in [1.82, 2.24) is 4.98 Å². The Bertz CT molecular complexity index is 558. The molecular formula is C16H17N3. The van der Waals surface area contributed by atoms with Crippen molar-refractivity contribution in [3.8, 4) is 0 Å². The molecule has 1 aliphatic heterocycles. The number of aliphatic imine (C=N–C) groups is 1. The van der Waals surface area contributed by atoms with Crippen molar-refractivity contribution in [2.24, 2.45) is 4.99 Å². The molecule has 1 N–H and O–H groups in total. The second-order valence-electron chi connectivity index (χ2n) is 4.71. The second kappa shape index (κ2) is 5.65. The minimum absolute atomic E-state index is 0.867. The van der Waals surface area contributed by atoms with E-state index in [1.165, 1.54) is 18.6 Å². The van der Waals surface area contributed by atoms with Crippen molar-refractivity contribution in [2.45, 2.75) is 19.3 Å². The first kappa shape index (κ1) is 11.9. The van der Waals surface area contributed by atoms with Crippen molar-refractivity contribution >= 4 is 17.2 Å². The SMILES string of the molecule is c1ccc(Nc2ccc(C3=NCCCC3)cn2)cc1. The number of hydrogen-bond donors (Lipinski definition) is 1. The van der Waals surface area contributed by atoms with Crippen LogP contribution >= 0.6 is 0 Å². The van der Waals surface area contributed by atoms with Crippen LogP contribution in [0.4, 0.5) is 11.5 Å². The molecule has 1 aromatic heterocycles. The predicted molar refractivity (Wildman–Crippen MR) is 79.2 cm³/mol. The van der Waals surface area contributed by atoms with Gasteiger partial charge in [0.2, 0.25) is 0 Å². The quantitative estimate of drug-likeness (QED) is 0.901. The maximum Gasteiger partial charge on any atom is 0.130 e. The minimum atomic E-state index is 0.867. The molecular weight excluding hydrogens is 234 g/mol. The maximum absolute atomic E-state index is 4.57. The Morgan fingerprint density at radius 1 is 0.947 bits per heavy atom. The van der Waals surface area contributed by atoms with Gasteiger partial charge in [-0.15, -0.1) is 0 Å². The van der Waals surface area contributed by atoms with E-state index in [1.54, 1.807) is 0 Å². The number of pyridine rings is 1.